The Kier molecular flexibility index (Phi) is 9.26. The molecule has 0 heterocycles. The van der Waals surface area contributed by atoms with E-state index >= 15 is 0 Å². The second-order valence-corrected chi connectivity index (χ2v) is 12.5. The third-order valence-electron chi connectivity index (χ3n) is 9.14. The molecule has 0 aliphatic heterocycles. The molecule has 0 saturated heterocycles. The van der Waals surface area contributed by atoms with Gasteiger partial charge in [-0.1, -0.05) is 69.1 Å². The monoisotopic (exact) mass is 428 g/mol. The van der Waals surface area contributed by atoms with Gasteiger partial charge in [-0.2, -0.15) is 0 Å². The van der Waals surface area contributed by atoms with Crippen molar-refractivity contribution < 1.29 is 5.11 Å². The highest BCUT2D eigenvalue weighted by atomic mass is 16.3. The van der Waals surface area contributed by atoms with Crippen LogP contribution in [0.2, 0.25) is 0 Å². The number of rotatable bonds is 9. The maximum atomic E-state index is 10.5. The summed E-state index contributed by atoms with van der Waals surface area (Å²) in [7, 11) is 0. The number of aliphatic hydroxyl groups is 1. The minimum absolute atomic E-state index is 0.227. The van der Waals surface area contributed by atoms with Crippen LogP contribution in [-0.2, 0) is 0 Å². The van der Waals surface area contributed by atoms with E-state index in [4.69, 9.17) is 0 Å². The zero-order valence-corrected chi connectivity index (χ0v) is 22.1. The number of hydrogen-bond acceptors (Lipinski definition) is 1. The molecule has 0 aromatic carbocycles. The first-order chi connectivity index (χ1) is 14.4. The van der Waals surface area contributed by atoms with E-state index in [1.165, 1.54) is 55.2 Å². The molecule has 1 N–H and O–H groups in total. The zero-order chi connectivity index (χ0) is 23.3. The average molecular weight is 429 g/mol. The van der Waals surface area contributed by atoms with Crippen molar-refractivity contribution in [2.45, 2.75) is 120 Å². The van der Waals surface area contributed by atoms with E-state index in [0.29, 0.717) is 17.9 Å². The second-order valence-electron chi connectivity index (χ2n) is 12.5. The lowest BCUT2D eigenvalue weighted by atomic mass is 9.43. The van der Waals surface area contributed by atoms with Crippen LogP contribution >= 0.6 is 0 Å². The van der Waals surface area contributed by atoms with E-state index in [-0.39, 0.29) is 10.8 Å². The Morgan fingerprint density at radius 3 is 2.06 bits per heavy atom. The molecule has 0 aromatic heterocycles. The summed E-state index contributed by atoms with van der Waals surface area (Å²) in [4.78, 5) is 0. The zero-order valence-electron chi connectivity index (χ0n) is 22.1. The van der Waals surface area contributed by atoms with Crippen LogP contribution in [0.1, 0.15) is 120 Å². The largest absolute Gasteiger partial charge is 0.396 e. The van der Waals surface area contributed by atoms with Gasteiger partial charge in [0.1, 0.15) is 0 Å². The number of fused-ring (bicyclic) bond motifs is 1. The van der Waals surface area contributed by atoms with Gasteiger partial charge in [0.25, 0.3) is 0 Å². The topological polar surface area (TPSA) is 20.2 Å². The van der Waals surface area contributed by atoms with Gasteiger partial charge in [0.2, 0.25) is 0 Å². The van der Waals surface area contributed by atoms with Gasteiger partial charge in [0.15, 0.2) is 0 Å². The van der Waals surface area contributed by atoms with Gasteiger partial charge in [-0.15, -0.1) is 0 Å². The molecule has 1 nitrogen and oxygen atoms in total. The van der Waals surface area contributed by atoms with E-state index < -0.39 is 0 Å². The Hall–Kier alpha value is -0.820. The van der Waals surface area contributed by atoms with Crippen molar-refractivity contribution in [1.29, 1.82) is 0 Å². The van der Waals surface area contributed by atoms with Crippen molar-refractivity contribution in [2.75, 3.05) is 6.61 Å². The molecule has 0 bridgehead atoms. The van der Waals surface area contributed by atoms with Crippen LogP contribution in [0, 0.1) is 28.1 Å². The summed E-state index contributed by atoms with van der Waals surface area (Å²) in [5.41, 5.74) is 5.39. The van der Waals surface area contributed by atoms with E-state index in [0.717, 1.165) is 31.6 Å². The standard InChI is InChI=1S/C30H52O/c1-23(2)12-9-13-24(3)14-10-15-25(4)16-20-29(7)21-17-26-28(5,6)18-11-19-30(26,8)27(29)22-31/h12,14,16,26-27,31H,9-11,13,15,17-22H2,1-8H3/b24-14+,25-16+/t26-,27-,29+,30-/m0/s1. The highest BCUT2D eigenvalue weighted by molar-refractivity contribution is 5.11. The molecule has 0 aromatic rings. The molecule has 2 rings (SSSR count). The average Bonchev–Trinajstić information content (AvgIpc) is 2.65. The molecule has 4 atom stereocenters. The lowest BCUT2D eigenvalue weighted by Crippen LogP contribution is -2.55. The van der Waals surface area contributed by atoms with Crippen molar-refractivity contribution in [3.8, 4) is 0 Å². The predicted molar refractivity (Wildman–Crippen MR) is 137 cm³/mol. The van der Waals surface area contributed by atoms with Crippen molar-refractivity contribution >= 4 is 0 Å². The highest BCUT2D eigenvalue weighted by Crippen LogP contribution is 2.64. The summed E-state index contributed by atoms with van der Waals surface area (Å²) in [6.45, 7) is 19.2. The Morgan fingerprint density at radius 1 is 0.839 bits per heavy atom. The van der Waals surface area contributed by atoms with Crippen molar-refractivity contribution in [3.05, 3.63) is 34.9 Å². The number of allylic oxidation sites excluding steroid dienone is 6. The van der Waals surface area contributed by atoms with Gasteiger partial charge >= 0.3 is 0 Å². The van der Waals surface area contributed by atoms with Crippen LogP contribution < -0.4 is 0 Å². The molecule has 1 heteroatoms. The lowest BCUT2D eigenvalue weighted by Gasteiger charge is -2.62. The van der Waals surface area contributed by atoms with Gasteiger partial charge in [-0.25, -0.2) is 0 Å². The normalized spacial score (nSPS) is 33.7. The molecule has 0 amide bonds. The fourth-order valence-electron chi connectivity index (χ4n) is 7.17. The van der Waals surface area contributed by atoms with Crippen LogP contribution in [0.25, 0.3) is 0 Å². The molecule has 2 saturated carbocycles. The third-order valence-corrected chi connectivity index (χ3v) is 9.14. The first kappa shape index (κ1) is 26.4. The molecule has 178 valence electrons. The molecule has 31 heavy (non-hydrogen) atoms. The maximum absolute atomic E-state index is 10.5. The van der Waals surface area contributed by atoms with Crippen LogP contribution in [0.3, 0.4) is 0 Å². The van der Waals surface area contributed by atoms with Crippen LogP contribution in [0.5, 0.6) is 0 Å². The molecule has 2 aliphatic rings. The van der Waals surface area contributed by atoms with Gasteiger partial charge < -0.3 is 5.11 Å². The summed E-state index contributed by atoms with van der Waals surface area (Å²) in [5, 5.41) is 10.5. The Balaban J connectivity index is 1.98. The van der Waals surface area contributed by atoms with E-state index in [9.17, 15) is 5.11 Å². The Bertz CT molecular complexity index is 675. The minimum Gasteiger partial charge on any atom is -0.396 e. The minimum atomic E-state index is 0.227. The fraction of sp³-hybridized carbons (Fsp3) is 0.800. The summed E-state index contributed by atoms with van der Waals surface area (Å²) < 4.78 is 0. The smallest absolute Gasteiger partial charge is 0.0469 e. The van der Waals surface area contributed by atoms with Crippen LogP contribution in [0.15, 0.2) is 34.9 Å². The first-order valence-electron chi connectivity index (χ1n) is 13.0. The molecule has 2 aliphatic carbocycles. The van der Waals surface area contributed by atoms with Crippen LogP contribution in [-0.4, -0.2) is 11.7 Å². The molecular formula is C30H52O. The second kappa shape index (κ2) is 10.9. The summed E-state index contributed by atoms with van der Waals surface area (Å²) in [5.74, 6) is 1.17. The lowest BCUT2D eigenvalue weighted by molar-refractivity contribution is -0.142. The summed E-state index contributed by atoms with van der Waals surface area (Å²) in [6.07, 6.45) is 19.6. The molecule has 0 unspecified atom stereocenters. The molecule has 0 radical (unpaired) electrons. The molecular weight excluding hydrogens is 376 g/mol. The van der Waals surface area contributed by atoms with Crippen molar-refractivity contribution in [1.82, 2.24) is 0 Å². The predicted octanol–water partition coefficient (Wildman–Crippen LogP) is 9.04. The van der Waals surface area contributed by atoms with E-state index in [2.05, 4.69) is 73.6 Å². The van der Waals surface area contributed by atoms with Crippen LogP contribution in [0.4, 0.5) is 0 Å². The van der Waals surface area contributed by atoms with E-state index in [1.54, 1.807) is 0 Å². The van der Waals surface area contributed by atoms with E-state index in [1.807, 2.05) is 0 Å². The Labute approximate surface area is 194 Å². The van der Waals surface area contributed by atoms with Gasteiger partial charge in [0, 0.05) is 6.61 Å². The van der Waals surface area contributed by atoms with Gasteiger partial charge in [0.05, 0.1) is 0 Å². The third kappa shape index (κ3) is 6.59. The number of aliphatic hydroxyl groups excluding tert-OH is 1. The summed E-state index contributed by atoms with van der Waals surface area (Å²) >= 11 is 0. The maximum Gasteiger partial charge on any atom is 0.0469 e. The summed E-state index contributed by atoms with van der Waals surface area (Å²) in [6, 6.07) is 0. The van der Waals surface area contributed by atoms with Crippen molar-refractivity contribution in [3.63, 3.8) is 0 Å². The highest BCUT2D eigenvalue weighted by Gasteiger charge is 2.57. The SMILES string of the molecule is CC(C)=CCC/C(C)=C/CC/C(C)=C/C[C@]1(C)CC[C@H]2C(C)(C)CCC[C@]2(C)[C@H]1CO. The quantitative estimate of drug-likeness (QED) is 0.363. The number of hydrogen-bond donors (Lipinski definition) is 1. The molecule has 0 spiro atoms. The first-order valence-corrected chi connectivity index (χ1v) is 13.0. The molecule has 2 fully saturated rings. The van der Waals surface area contributed by atoms with Crippen molar-refractivity contribution in [2.24, 2.45) is 28.1 Å². The fourth-order valence-corrected chi connectivity index (χ4v) is 7.17. The van der Waals surface area contributed by atoms with Gasteiger partial charge in [-0.3, -0.25) is 0 Å². The van der Waals surface area contributed by atoms with Gasteiger partial charge in [-0.05, 0) is 114 Å². The Morgan fingerprint density at radius 2 is 1.45 bits per heavy atom.